The molecular formula is C14H23N3O3S. The number of morpholine rings is 1. The van der Waals surface area contributed by atoms with Crippen LogP contribution >= 0.6 is 0 Å². The lowest BCUT2D eigenvalue weighted by Gasteiger charge is -2.30. The molecular weight excluding hydrogens is 290 g/mol. The van der Waals surface area contributed by atoms with Crippen LogP contribution in [-0.2, 0) is 14.8 Å². The van der Waals surface area contributed by atoms with Gasteiger partial charge in [-0.2, -0.15) is 0 Å². The van der Waals surface area contributed by atoms with E-state index in [4.69, 9.17) is 10.5 Å². The summed E-state index contributed by atoms with van der Waals surface area (Å²) in [4.78, 5) is 2.37. The van der Waals surface area contributed by atoms with E-state index in [1.54, 1.807) is 24.3 Å². The number of nitrogens with zero attached hydrogens (tertiary/aromatic N) is 1. The van der Waals surface area contributed by atoms with Crippen LogP contribution in [0.2, 0.25) is 0 Å². The number of likely N-dealkylation sites (N-methyl/N-ethyl adjacent to an activating group) is 1. The standard InChI is InChI=1S/C14H23N3O3S/c1-11(15)12-3-5-14(6-4-12)21(18,19)16-9-13-10-17(2)7-8-20-13/h3-6,11,13,16H,7-10,15H2,1-2H3. The molecule has 1 aromatic rings. The maximum atomic E-state index is 12.2. The lowest BCUT2D eigenvalue weighted by molar-refractivity contribution is -0.0156. The van der Waals surface area contributed by atoms with E-state index in [0.717, 1.165) is 18.7 Å². The number of rotatable bonds is 5. The minimum atomic E-state index is -3.51. The highest BCUT2D eigenvalue weighted by atomic mass is 32.2. The average molecular weight is 313 g/mol. The van der Waals surface area contributed by atoms with E-state index < -0.39 is 10.0 Å². The van der Waals surface area contributed by atoms with Gasteiger partial charge in [-0.05, 0) is 31.7 Å². The van der Waals surface area contributed by atoms with Gasteiger partial charge in [-0.25, -0.2) is 13.1 Å². The Kier molecular flexibility index (Phi) is 5.34. The van der Waals surface area contributed by atoms with Crippen molar-refractivity contribution in [3.8, 4) is 0 Å². The van der Waals surface area contributed by atoms with Gasteiger partial charge in [0, 0.05) is 25.7 Å². The normalized spacial score (nSPS) is 22.1. The summed E-state index contributed by atoms with van der Waals surface area (Å²) in [7, 11) is -1.51. The van der Waals surface area contributed by atoms with Gasteiger partial charge in [-0.3, -0.25) is 0 Å². The van der Waals surface area contributed by atoms with E-state index in [-0.39, 0.29) is 23.6 Å². The number of hydrogen-bond donors (Lipinski definition) is 2. The first-order valence-electron chi connectivity index (χ1n) is 7.04. The predicted octanol–water partition coefficient (Wildman–Crippen LogP) is 0.315. The van der Waals surface area contributed by atoms with E-state index >= 15 is 0 Å². The van der Waals surface area contributed by atoms with Gasteiger partial charge in [0.05, 0.1) is 17.6 Å². The Labute approximate surface area is 126 Å². The molecule has 0 spiro atoms. The summed E-state index contributed by atoms with van der Waals surface area (Å²) in [5.41, 5.74) is 6.66. The van der Waals surface area contributed by atoms with Gasteiger partial charge in [0.1, 0.15) is 0 Å². The summed E-state index contributed by atoms with van der Waals surface area (Å²) >= 11 is 0. The second-order valence-electron chi connectivity index (χ2n) is 5.46. The van der Waals surface area contributed by atoms with Gasteiger partial charge >= 0.3 is 0 Å². The first kappa shape index (κ1) is 16.4. The van der Waals surface area contributed by atoms with Crippen LogP contribution < -0.4 is 10.5 Å². The number of sulfonamides is 1. The number of nitrogens with two attached hydrogens (primary N) is 1. The molecule has 2 rings (SSSR count). The fraction of sp³-hybridized carbons (Fsp3) is 0.571. The van der Waals surface area contributed by atoms with Gasteiger partial charge < -0.3 is 15.4 Å². The summed E-state index contributed by atoms with van der Waals surface area (Å²) in [6, 6.07) is 6.53. The predicted molar refractivity (Wildman–Crippen MR) is 81.5 cm³/mol. The maximum Gasteiger partial charge on any atom is 0.240 e. The van der Waals surface area contributed by atoms with Crippen LogP contribution in [0.1, 0.15) is 18.5 Å². The third kappa shape index (κ3) is 4.49. The molecule has 0 aliphatic carbocycles. The molecule has 2 unspecified atom stereocenters. The van der Waals surface area contributed by atoms with Crippen LogP contribution in [0.15, 0.2) is 29.2 Å². The molecule has 1 saturated heterocycles. The van der Waals surface area contributed by atoms with Crippen LogP contribution in [0, 0.1) is 0 Å². The minimum Gasteiger partial charge on any atom is -0.374 e. The summed E-state index contributed by atoms with van der Waals surface area (Å²) in [6.07, 6.45) is -0.109. The van der Waals surface area contributed by atoms with Crippen molar-refractivity contribution in [2.45, 2.75) is 24.0 Å². The molecule has 1 aliphatic rings. The fourth-order valence-electron chi connectivity index (χ4n) is 2.23. The highest BCUT2D eigenvalue weighted by molar-refractivity contribution is 7.89. The lowest BCUT2D eigenvalue weighted by atomic mass is 10.1. The van der Waals surface area contributed by atoms with Crippen molar-refractivity contribution in [1.29, 1.82) is 0 Å². The molecule has 1 aliphatic heterocycles. The zero-order valence-corrected chi connectivity index (χ0v) is 13.3. The van der Waals surface area contributed by atoms with Crippen LogP contribution in [0.3, 0.4) is 0 Å². The van der Waals surface area contributed by atoms with E-state index in [1.165, 1.54) is 0 Å². The van der Waals surface area contributed by atoms with Crippen LogP contribution in [0.25, 0.3) is 0 Å². The molecule has 2 atom stereocenters. The van der Waals surface area contributed by atoms with Crippen molar-refractivity contribution < 1.29 is 13.2 Å². The first-order chi connectivity index (χ1) is 9.88. The zero-order valence-electron chi connectivity index (χ0n) is 12.5. The van der Waals surface area contributed by atoms with E-state index in [0.29, 0.717) is 6.61 Å². The lowest BCUT2D eigenvalue weighted by Crippen LogP contribution is -2.45. The third-order valence-corrected chi connectivity index (χ3v) is 5.00. The number of ether oxygens (including phenoxy) is 1. The molecule has 0 aromatic heterocycles. The molecule has 118 valence electrons. The number of hydrogen-bond acceptors (Lipinski definition) is 5. The Hall–Kier alpha value is -0.990. The fourth-order valence-corrected chi connectivity index (χ4v) is 3.29. The summed E-state index contributed by atoms with van der Waals surface area (Å²) < 4.78 is 32.6. The molecule has 0 amide bonds. The van der Waals surface area contributed by atoms with Crippen LogP contribution in [-0.4, -0.2) is 52.7 Å². The Balaban J connectivity index is 1.97. The van der Waals surface area contributed by atoms with Crippen LogP contribution in [0.4, 0.5) is 0 Å². The van der Waals surface area contributed by atoms with E-state index in [2.05, 4.69) is 9.62 Å². The Morgan fingerprint density at radius 2 is 2.10 bits per heavy atom. The van der Waals surface area contributed by atoms with Crippen molar-refractivity contribution in [3.63, 3.8) is 0 Å². The summed E-state index contributed by atoms with van der Waals surface area (Å²) in [5, 5.41) is 0. The second-order valence-corrected chi connectivity index (χ2v) is 7.23. The number of benzene rings is 1. The van der Waals surface area contributed by atoms with E-state index in [9.17, 15) is 8.42 Å². The van der Waals surface area contributed by atoms with Gasteiger partial charge in [-0.15, -0.1) is 0 Å². The topological polar surface area (TPSA) is 84.7 Å². The smallest absolute Gasteiger partial charge is 0.240 e. The molecule has 3 N–H and O–H groups in total. The summed E-state index contributed by atoms with van der Waals surface area (Å²) in [5.74, 6) is 0. The Bertz CT molecular complexity index is 557. The van der Waals surface area contributed by atoms with E-state index in [1.807, 2.05) is 14.0 Å². The van der Waals surface area contributed by atoms with Crippen molar-refractivity contribution in [2.24, 2.45) is 5.73 Å². The molecule has 1 heterocycles. The largest absolute Gasteiger partial charge is 0.374 e. The van der Waals surface area contributed by atoms with Gasteiger partial charge in [0.15, 0.2) is 0 Å². The minimum absolute atomic E-state index is 0.109. The van der Waals surface area contributed by atoms with Crippen molar-refractivity contribution >= 4 is 10.0 Å². The molecule has 7 heteroatoms. The van der Waals surface area contributed by atoms with Crippen molar-refractivity contribution in [2.75, 3.05) is 33.3 Å². The second kappa shape index (κ2) is 6.85. The molecule has 0 radical (unpaired) electrons. The molecule has 6 nitrogen and oxygen atoms in total. The van der Waals surface area contributed by atoms with Gasteiger partial charge in [0.25, 0.3) is 0 Å². The molecule has 1 aromatic carbocycles. The molecule has 1 fully saturated rings. The number of nitrogens with one attached hydrogen (secondary N) is 1. The van der Waals surface area contributed by atoms with Gasteiger partial charge in [-0.1, -0.05) is 12.1 Å². The monoisotopic (exact) mass is 313 g/mol. The highest BCUT2D eigenvalue weighted by Crippen LogP contribution is 2.14. The molecule has 21 heavy (non-hydrogen) atoms. The zero-order chi connectivity index (χ0) is 15.5. The molecule has 0 bridgehead atoms. The highest BCUT2D eigenvalue weighted by Gasteiger charge is 2.21. The summed E-state index contributed by atoms with van der Waals surface area (Å²) in [6.45, 7) is 4.38. The Morgan fingerprint density at radius 1 is 1.43 bits per heavy atom. The quantitative estimate of drug-likeness (QED) is 0.817. The SMILES string of the molecule is CC(N)c1ccc(S(=O)(=O)NCC2CN(C)CCO2)cc1. The third-order valence-electron chi connectivity index (χ3n) is 3.56. The Morgan fingerprint density at radius 3 is 2.67 bits per heavy atom. The first-order valence-corrected chi connectivity index (χ1v) is 8.52. The van der Waals surface area contributed by atoms with Crippen molar-refractivity contribution in [1.82, 2.24) is 9.62 Å². The van der Waals surface area contributed by atoms with Gasteiger partial charge in [0.2, 0.25) is 10.0 Å². The average Bonchev–Trinajstić information content (AvgIpc) is 2.45. The maximum absolute atomic E-state index is 12.2. The van der Waals surface area contributed by atoms with Crippen molar-refractivity contribution in [3.05, 3.63) is 29.8 Å². The molecule has 0 saturated carbocycles. The van der Waals surface area contributed by atoms with Crippen LogP contribution in [0.5, 0.6) is 0 Å².